The number of anilines is 1. The highest BCUT2D eigenvalue weighted by atomic mass is 16.6. The van der Waals surface area contributed by atoms with Crippen molar-refractivity contribution in [2.45, 2.75) is 69.7 Å². The second kappa shape index (κ2) is 26.8. The number of fused-ring (bicyclic) bond motifs is 4. The lowest BCUT2D eigenvalue weighted by molar-refractivity contribution is -0.144. The van der Waals surface area contributed by atoms with Gasteiger partial charge in [-0.3, -0.25) is 38.5 Å². The van der Waals surface area contributed by atoms with Crippen molar-refractivity contribution >= 4 is 59.0 Å². The monoisotopic (exact) mass is 1030 g/mol. The average Bonchev–Trinajstić information content (AvgIpc) is 3.87. The number of benzene rings is 1. The van der Waals surface area contributed by atoms with Crippen LogP contribution in [-0.4, -0.2) is 199 Å². The third-order valence-electron chi connectivity index (χ3n) is 12.2. The number of rotatable bonds is 31. The number of piperazine rings is 1. The molecule has 7 atom stereocenters. The van der Waals surface area contributed by atoms with Gasteiger partial charge in [-0.2, -0.15) is 0 Å². The van der Waals surface area contributed by atoms with Gasteiger partial charge in [0.1, 0.15) is 44.0 Å². The first kappa shape index (κ1) is 57.2. The van der Waals surface area contributed by atoms with Crippen molar-refractivity contribution in [3.63, 3.8) is 0 Å². The van der Waals surface area contributed by atoms with Gasteiger partial charge in [-0.15, -0.1) is 0 Å². The van der Waals surface area contributed by atoms with Crippen molar-refractivity contribution in [3.8, 4) is 0 Å². The maximum absolute atomic E-state index is 13.5. The number of amides is 7. The van der Waals surface area contributed by atoms with E-state index in [1.165, 1.54) is 44.9 Å². The normalized spacial score (nSPS) is 20.9. The topological polar surface area (TPSA) is 369 Å². The molecule has 3 aliphatic heterocycles. The third kappa shape index (κ3) is 14.5. The maximum atomic E-state index is 13.5. The molecule has 27 heteroatoms. The van der Waals surface area contributed by atoms with E-state index in [9.17, 15) is 43.2 Å². The van der Waals surface area contributed by atoms with Gasteiger partial charge in [0.25, 0.3) is 0 Å². The number of carbonyl (C=O) groups excluding carboxylic acids is 9. The number of Topliss-reactive ketones (excluding diaryl/α,β-unsaturated/α-hetero) is 2. The van der Waals surface area contributed by atoms with Gasteiger partial charge < -0.3 is 86.0 Å². The summed E-state index contributed by atoms with van der Waals surface area (Å²) in [6.07, 6.45) is -2.44. The largest absolute Gasteiger partial charge is 0.449 e. The molecule has 0 radical (unpaired) electrons. The van der Waals surface area contributed by atoms with E-state index in [0.29, 0.717) is 58.4 Å². The molecule has 73 heavy (non-hydrogen) atoms. The molecule has 0 aromatic heterocycles. The molecule has 1 aromatic rings. The number of methoxy groups -OCH3 is 2. The van der Waals surface area contributed by atoms with Crippen molar-refractivity contribution in [2.75, 3.05) is 105 Å². The summed E-state index contributed by atoms with van der Waals surface area (Å²) in [5.41, 5.74) is 15.8. The number of hydrogen-bond donors (Lipinski definition) is 7. The molecule has 0 bridgehead atoms. The van der Waals surface area contributed by atoms with Crippen LogP contribution in [0, 0.1) is 5.92 Å². The van der Waals surface area contributed by atoms with Gasteiger partial charge >= 0.3 is 12.2 Å². The summed E-state index contributed by atoms with van der Waals surface area (Å²) < 4.78 is 48.4. The summed E-state index contributed by atoms with van der Waals surface area (Å²) in [5.74, 6) is -5.99. The van der Waals surface area contributed by atoms with Crippen molar-refractivity contribution in [2.24, 2.45) is 23.1 Å². The third-order valence-corrected chi connectivity index (χ3v) is 12.2. The molecule has 402 valence electrons. The van der Waals surface area contributed by atoms with Crippen molar-refractivity contribution in [3.05, 3.63) is 52.4 Å². The maximum Gasteiger partial charge on any atom is 0.410 e. The molecule has 27 nitrogen and oxygen atoms in total. The summed E-state index contributed by atoms with van der Waals surface area (Å²) in [6.45, 7) is 6.95. The van der Waals surface area contributed by atoms with E-state index in [1.807, 2.05) is 0 Å². The van der Waals surface area contributed by atoms with E-state index in [-0.39, 0.29) is 61.2 Å². The summed E-state index contributed by atoms with van der Waals surface area (Å²) >= 11 is 0. The van der Waals surface area contributed by atoms with Crippen LogP contribution in [0.4, 0.5) is 15.3 Å². The van der Waals surface area contributed by atoms with Gasteiger partial charge in [0, 0.05) is 37.6 Å². The molecular weight excluding hydrogens is 967 g/mol. The number of carbonyl (C=O) groups is 9. The van der Waals surface area contributed by atoms with Crippen LogP contribution < -0.4 is 38.5 Å². The van der Waals surface area contributed by atoms with Crippen molar-refractivity contribution in [1.82, 2.24) is 25.8 Å². The van der Waals surface area contributed by atoms with E-state index in [4.69, 9.17) is 59.8 Å². The second-order valence-corrected chi connectivity index (χ2v) is 17.1. The van der Waals surface area contributed by atoms with E-state index in [1.54, 1.807) is 24.1 Å². The number of nitrogens with one attached hydrogen (secondary N) is 4. The minimum Gasteiger partial charge on any atom is -0.449 e. The molecule has 10 N–H and O–H groups in total. The minimum atomic E-state index is -1.49. The number of allylic oxidation sites excluding steroid dienone is 2. The van der Waals surface area contributed by atoms with Crippen LogP contribution in [0.1, 0.15) is 32.8 Å². The lowest BCUT2D eigenvalue weighted by atomic mass is 9.82. The Morgan fingerprint density at radius 3 is 1.86 bits per heavy atom. The van der Waals surface area contributed by atoms with Crippen molar-refractivity contribution < 1.29 is 85.8 Å². The molecule has 5 rings (SSSR count). The van der Waals surface area contributed by atoms with Gasteiger partial charge in [-0.05, 0) is 38.5 Å². The first-order chi connectivity index (χ1) is 34.9. The van der Waals surface area contributed by atoms with Crippen LogP contribution in [0.25, 0.3) is 0 Å². The van der Waals surface area contributed by atoms with Gasteiger partial charge in [-0.1, -0.05) is 12.1 Å². The first-order valence-electron chi connectivity index (χ1n) is 23.3. The zero-order chi connectivity index (χ0) is 53.4. The van der Waals surface area contributed by atoms with Crippen molar-refractivity contribution in [1.29, 1.82) is 0 Å². The predicted octanol–water partition coefficient (Wildman–Crippen LogP) is -2.56. The summed E-state index contributed by atoms with van der Waals surface area (Å²) in [5, 5.41) is 9.90. The average molecular weight is 1030 g/mol. The molecule has 3 heterocycles. The summed E-state index contributed by atoms with van der Waals surface area (Å²) in [7, 11) is 2.95. The Balaban J connectivity index is 1.01. The van der Waals surface area contributed by atoms with Gasteiger partial charge in [0.2, 0.25) is 41.1 Å². The molecule has 0 saturated carbocycles. The van der Waals surface area contributed by atoms with Crippen LogP contribution in [0.15, 0.2) is 46.8 Å². The first-order valence-corrected chi connectivity index (χ1v) is 23.3. The predicted molar refractivity (Wildman–Crippen MR) is 251 cm³/mol. The number of ether oxygens (including phenoxy) is 9. The van der Waals surface area contributed by atoms with Gasteiger partial charge in [-0.25, -0.2) is 9.59 Å². The Morgan fingerprint density at radius 2 is 1.30 bits per heavy atom. The van der Waals surface area contributed by atoms with Crippen LogP contribution in [0.3, 0.4) is 0 Å². The zero-order valence-corrected chi connectivity index (χ0v) is 41.4. The zero-order valence-electron chi connectivity index (χ0n) is 41.4. The molecule has 4 aliphatic rings. The molecule has 1 aromatic carbocycles. The Bertz CT molecular complexity index is 2280. The number of nitrogens with zero attached hydrogens (tertiary/aromatic N) is 2. The smallest absolute Gasteiger partial charge is 0.410 e. The minimum absolute atomic E-state index is 0.00805. The summed E-state index contributed by atoms with van der Waals surface area (Å²) in [4.78, 5) is 119. The summed E-state index contributed by atoms with van der Waals surface area (Å²) in [6, 6.07) is 1.12. The Hall–Kier alpha value is -6.75. The Morgan fingerprint density at radius 1 is 0.740 bits per heavy atom. The highest BCUT2D eigenvalue weighted by Gasteiger charge is 2.78. The van der Waals surface area contributed by atoms with E-state index in [2.05, 4.69) is 21.3 Å². The highest BCUT2D eigenvalue weighted by molar-refractivity contribution is 6.25. The Labute approximate surface area is 420 Å². The van der Waals surface area contributed by atoms with E-state index < -0.39 is 108 Å². The van der Waals surface area contributed by atoms with Crippen LogP contribution >= 0.6 is 0 Å². The number of hydrogen-bond acceptors (Lipinski definition) is 20. The molecule has 2 fully saturated rings. The molecule has 0 spiro atoms. The van der Waals surface area contributed by atoms with Crippen LogP contribution in [-0.2, 0) is 82.8 Å². The number of ketones is 2. The molecule has 7 amide bonds. The Kier molecular flexibility index (Phi) is 21.0. The lowest BCUT2D eigenvalue weighted by Gasteiger charge is -2.40. The molecule has 1 aliphatic carbocycles. The van der Waals surface area contributed by atoms with Crippen LogP contribution in [0.5, 0.6) is 0 Å². The fourth-order valence-electron chi connectivity index (χ4n) is 8.51. The van der Waals surface area contributed by atoms with Crippen LogP contribution in [0.2, 0.25) is 0 Å². The number of primary amides is 2. The quantitative estimate of drug-likeness (QED) is 0.0228. The molecule has 2 saturated heterocycles. The lowest BCUT2D eigenvalue weighted by Crippen LogP contribution is -2.56. The van der Waals surface area contributed by atoms with E-state index >= 15 is 0 Å². The fourth-order valence-corrected chi connectivity index (χ4v) is 8.51. The fraction of sp³-hybridized carbons (Fsp3) is 0.587. The van der Waals surface area contributed by atoms with Gasteiger partial charge in [0.05, 0.1) is 95.8 Å². The SMILES string of the molecule is COCCOCCOCCOCCOCCOCC(=O)N[C@H](C)C(=O)N[C@H](C)C(=O)N[C@H](CC(N)=O)C(=O)Nc1ccc(COC(=O)N2[C@H]3[C@@H]2CN2C4=C(C(=O)C(N)=C(C)C4=O)[C@H](COC(N)=O)[C@]32OC)cc1. The second-order valence-electron chi connectivity index (χ2n) is 17.1. The molecule has 0 unspecified atom stereocenters. The van der Waals surface area contributed by atoms with E-state index in [0.717, 1.165) is 0 Å². The highest BCUT2D eigenvalue weighted by Crippen LogP contribution is 2.59. The number of nitrogens with two attached hydrogens (primary N) is 3. The standard InChI is InChI=1S/C46H65N9O18/c1-25-36(48)39(59)35-30(23-72-44(49)63)46(66-5)40-32(21-54(46)37(35)38(25)58)55(40)45(64)73-22-28-6-8-29(9-7-28)52-43(62)31(20-33(47)56)53-42(61)27(3)51-41(60)26(2)50-34(57)24-71-19-18-70-17-16-69-15-14-68-13-12-67-11-10-65-4/h6-9,26-27,30-32,40H,10-24,48H2,1-5H3,(H2,47,56)(H2,49,63)(H,50,57)(H,51,60)(H,52,62)(H,53,61)/t26-,27-,30+,31-,32+,40+,46+,55?/m1/s1. The molecular formula is C46H65N9O18. The van der Waals surface area contributed by atoms with Gasteiger partial charge in [0.15, 0.2) is 5.72 Å².